The summed E-state index contributed by atoms with van der Waals surface area (Å²) in [6.07, 6.45) is -1.02. The highest BCUT2D eigenvalue weighted by molar-refractivity contribution is 7.94. The standard InChI is InChI=1S/C28H29NO8S2/c1-37-25-10-6-5-9-23(25)21-13-11-20(12-14-21)19-24(26(30)31)29-27(32)28(15-17-38(33,34)18-16-28)39(35,36)22-7-3-2-4-8-22/h2-14,24H,15-19H2,1H3,(H,29,32)(H,30,31)/t24-/m0/s1. The third-order valence-electron chi connectivity index (χ3n) is 7.03. The molecule has 0 aliphatic carbocycles. The monoisotopic (exact) mass is 571 g/mol. The summed E-state index contributed by atoms with van der Waals surface area (Å²) < 4.78 is 54.9. The Balaban J connectivity index is 1.60. The molecular weight excluding hydrogens is 542 g/mol. The van der Waals surface area contributed by atoms with E-state index in [4.69, 9.17) is 4.74 Å². The van der Waals surface area contributed by atoms with Crippen molar-refractivity contribution in [2.45, 2.75) is 34.9 Å². The van der Waals surface area contributed by atoms with Crippen LogP contribution in [0.2, 0.25) is 0 Å². The average molecular weight is 572 g/mol. The number of carboxylic acids is 1. The molecule has 11 heteroatoms. The van der Waals surface area contributed by atoms with Crippen LogP contribution in [0.1, 0.15) is 18.4 Å². The van der Waals surface area contributed by atoms with Gasteiger partial charge in [0.15, 0.2) is 14.6 Å². The first kappa shape index (κ1) is 28.3. The van der Waals surface area contributed by atoms with Gasteiger partial charge in [0.25, 0.3) is 0 Å². The molecule has 0 radical (unpaired) electrons. The van der Waals surface area contributed by atoms with Gasteiger partial charge in [-0.05, 0) is 42.2 Å². The number of sulfone groups is 2. The fourth-order valence-corrected chi connectivity index (χ4v) is 8.53. The first-order chi connectivity index (χ1) is 18.5. The Bertz CT molecular complexity index is 1550. The highest BCUT2D eigenvalue weighted by Crippen LogP contribution is 2.37. The molecule has 0 spiro atoms. The lowest BCUT2D eigenvalue weighted by atomic mass is 9.97. The maximum Gasteiger partial charge on any atom is 0.326 e. The van der Waals surface area contributed by atoms with Crippen molar-refractivity contribution in [1.29, 1.82) is 0 Å². The van der Waals surface area contributed by atoms with Gasteiger partial charge < -0.3 is 15.2 Å². The number of carboxylic acid groups (broad SMARTS) is 1. The second-order valence-corrected chi connectivity index (χ2v) is 14.0. The summed E-state index contributed by atoms with van der Waals surface area (Å²) >= 11 is 0. The van der Waals surface area contributed by atoms with Gasteiger partial charge in [0.1, 0.15) is 21.6 Å². The molecule has 0 saturated carbocycles. The van der Waals surface area contributed by atoms with E-state index in [1.165, 1.54) is 24.3 Å². The number of rotatable bonds is 9. The molecular formula is C28H29NO8S2. The topological polar surface area (TPSA) is 144 Å². The van der Waals surface area contributed by atoms with Gasteiger partial charge in [-0.15, -0.1) is 0 Å². The van der Waals surface area contributed by atoms with Crippen molar-refractivity contribution in [3.05, 3.63) is 84.4 Å². The quantitative estimate of drug-likeness (QED) is 0.399. The van der Waals surface area contributed by atoms with E-state index in [2.05, 4.69) is 5.32 Å². The number of ether oxygens (including phenoxy) is 1. The number of hydrogen-bond donors (Lipinski definition) is 2. The van der Waals surface area contributed by atoms with Crippen molar-refractivity contribution < 1.29 is 36.3 Å². The number of para-hydroxylation sites is 1. The molecule has 0 unspecified atom stereocenters. The van der Waals surface area contributed by atoms with Crippen LogP contribution in [0.15, 0.2) is 83.8 Å². The van der Waals surface area contributed by atoms with E-state index in [-0.39, 0.29) is 11.3 Å². The van der Waals surface area contributed by atoms with E-state index >= 15 is 0 Å². The summed E-state index contributed by atoms with van der Waals surface area (Å²) in [5.41, 5.74) is 2.31. The largest absolute Gasteiger partial charge is 0.496 e. The molecule has 1 atom stereocenters. The number of aliphatic carboxylic acids is 1. The highest BCUT2D eigenvalue weighted by atomic mass is 32.2. The van der Waals surface area contributed by atoms with Gasteiger partial charge in [0, 0.05) is 12.0 Å². The van der Waals surface area contributed by atoms with E-state index in [9.17, 15) is 31.5 Å². The van der Waals surface area contributed by atoms with Gasteiger partial charge in [0.05, 0.1) is 23.5 Å². The fraction of sp³-hybridized carbons (Fsp3) is 0.286. The zero-order valence-corrected chi connectivity index (χ0v) is 22.9. The molecule has 1 saturated heterocycles. The Morgan fingerprint density at radius 1 is 0.949 bits per heavy atom. The lowest BCUT2D eigenvalue weighted by Crippen LogP contribution is -2.59. The average Bonchev–Trinajstić information content (AvgIpc) is 2.93. The molecule has 1 heterocycles. The van der Waals surface area contributed by atoms with Gasteiger partial charge in [-0.1, -0.05) is 60.7 Å². The van der Waals surface area contributed by atoms with Crippen LogP contribution in [-0.4, -0.2) is 63.2 Å². The summed E-state index contributed by atoms with van der Waals surface area (Å²) in [6.45, 7) is 0. The molecule has 1 aliphatic heterocycles. The molecule has 4 rings (SSSR count). The predicted octanol–water partition coefficient (Wildman–Crippen LogP) is 2.90. The minimum absolute atomic E-state index is 0.104. The van der Waals surface area contributed by atoms with Gasteiger partial charge in [-0.25, -0.2) is 21.6 Å². The van der Waals surface area contributed by atoms with E-state index in [1.54, 1.807) is 37.4 Å². The predicted molar refractivity (Wildman–Crippen MR) is 146 cm³/mol. The summed E-state index contributed by atoms with van der Waals surface area (Å²) in [6, 6.07) is 20.4. The van der Waals surface area contributed by atoms with Crippen LogP contribution in [0, 0.1) is 0 Å². The van der Waals surface area contributed by atoms with Crippen molar-refractivity contribution in [2.75, 3.05) is 18.6 Å². The SMILES string of the molecule is COc1ccccc1-c1ccc(C[C@H](NC(=O)C2(S(=O)(=O)c3ccccc3)CCS(=O)(=O)CC2)C(=O)O)cc1. The van der Waals surface area contributed by atoms with Crippen LogP contribution >= 0.6 is 0 Å². The molecule has 3 aromatic carbocycles. The van der Waals surface area contributed by atoms with E-state index < -0.39 is 66.7 Å². The van der Waals surface area contributed by atoms with Gasteiger partial charge >= 0.3 is 5.97 Å². The second-order valence-electron chi connectivity index (χ2n) is 9.43. The lowest BCUT2D eigenvalue weighted by molar-refractivity contribution is -0.142. The van der Waals surface area contributed by atoms with E-state index in [0.717, 1.165) is 11.1 Å². The van der Waals surface area contributed by atoms with Gasteiger partial charge in [-0.3, -0.25) is 4.79 Å². The number of nitrogens with one attached hydrogen (secondary N) is 1. The Labute approximate surface area is 227 Å². The Morgan fingerprint density at radius 2 is 1.54 bits per heavy atom. The van der Waals surface area contributed by atoms with Crippen LogP contribution in [-0.2, 0) is 35.7 Å². The van der Waals surface area contributed by atoms with Crippen molar-refractivity contribution in [1.82, 2.24) is 5.32 Å². The van der Waals surface area contributed by atoms with Crippen molar-refractivity contribution in [3.8, 4) is 16.9 Å². The molecule has 206 valence electrons. The maximum atomic E-state index is 13.7. The molecule has 0 aromatic heterocycles. The molecule has 3 aromatic rings. The molecule has 0 bridgehead atoms. The van der Waals surface area contributed by atoms with Crippen LogP contribution < -0.4 is 10.1 Å². The highest BCUT2D eigenvalue weighted by Gasteiger charge is 2.54. The smallest absolute Gasteiger partial charge is 0.326 e. The van der Waals surface area contributed by atoms with Crippen molar-refractivity contribution >= 4 is 31.6 Å². The molecule has 2 N–H and O–H groups in total. The molecule has 9 nitrogen and oxygen atoms in total. The Kier molecular flexibility index (Phi) is 8.12. The summed E-state index contributed by atoms with van der Waals surface area (Å²) in [4.78, 5) is 25.6. The number of methoxy groups -OCH3 is 1. The van der Waals surface area contributed by atoms with Crippen LogP contribution in [0.3, 0.4) is 0 Å². The van der Waals surface area contributed by atoms with Crippen LogP contribution in [0.25, 0.3) is 11.1 Å². The summed E-state index contributed by atoms with van der Waals surface area (Å²) in [5.74, 6) is -2.66. The molecule has 1 fully saturated rings. The minimum Gasteiger partial charge on any atom is -0.496 e. The number of benzene rings is 3. The van der Waals surface area contributed by atoms with E-state index in [1.807, 2.05) is 24.3 Å². The minimum atomic E-state index is -4.34. The number of carbonyl (C=O) groups excluding carboxylic acids is 1. The Morgan fingerprint density at radius 3 is 2.13 bits per heavy atom. The van der Waals surface area contributed by atoms with E-state index in [0.29, 0.717) is 11.3 Å². The normalized spacial score (nSPS) is 17.1. The third kappa shape index (κ3) is 5.84. The number of carbonyl (C=O) groups is 2. The third-order valence-corrected chi connectivity index (χ3v) is 11.2. The van der Waals surface area contributed by atoms with Crippen LogP contribution in [0.4, 0.5) is 0 Å². The molecule has 39 heavy (non-hydrogen) atoms. The van der Waals surface area contributed by atoms with Crippen molar-refractivity contribution in [2.24, 2.45) is 0 Å². The zero-order chi connectivity index (χ0) is 28.3. The van der Waals surface area contributed by atoms with Gasteiger partial charge in [-0.2, -0.15) is 0 Å². The molecule has 1 aliphatic rings. The lowest BCUT2D eigenvalue weighted by Gasteiger charge is -2.35. The first-order valence-electron chi connectivity index (χ1n) is 12.3. The van der Waals surface area contributed by atoms with Gasteiger partial charge in [0.2, 0.25) is 5.91 Å². The second kappa shape index (κ2) is 11.2. The first-order valence-corrected chi connectivity index (χ1v) is 15.6. The molecule has 1 amide bonds. The van der Waals surface area contributed by atoms with Crippen molar-refractivity contribution in [3.63, 3.8) is 0 Å². The Hall–Kier alpha value is -3.70. The number of hydrogen-bond acceptors (Lipinski definition) is 7. The fourth-order valence-electron chi connectivity index (χ4n) is 4.74. The maximum absolute atomic E-state index is 13.7. The summed E-state index contributed by atoms with van der Waals surface area (Å²) in [5, 5.41) is 12.3. The summed E-state index contributed by atoms with van der Waals surface area (Å²) in [7, 11) is -6.30. The zero-order valence-electron chi connectivity index (χ0n) is 21.2. The number of amides is 1. The van der Waals surface area contributed by atoms with Crippen LogP contribution in [0.5, 0.6) is 5.75 Å².